The molecule has 0 aromatic heterocycles. The van der Waals surface area contributed by atoms with Gasteiger partial charge >= 0.3 is 5.97 Å². The number of rotatable bonds is 2. The lowest BCUT2D eigenvalue weighted by atomic mass is 9.86. The molecule has 0 aliphatic heterocycles. The summed E-state index contributed by atoms with van der Waals surface area (Å²) in [5, 5.41) is 8.70. The molecule has 1 N–H and O–H groups in total. The first-order chi connectivity index (χ1) is 5.74. The minimum absolute atomic E-state index is 0.140. The van der Waals surface area contributed by atoms with Crippen molar-refractivity contribution in [2.45, 2.75) is 25.7 Å². The van der Waals surface area contributed by atoms with Gasteiger partial charge in [-0.1, -0.05) is 0 Å². The fourth-order valence-electron chi connectivity index (χ4n) is 1.52. The summed E-state index contributed by atoms with van der Waals surface area (Å²) in [5.41, 5.74) is 1.23. The molecule has 0 heterocycles. The number of carboxylic acid groups (broad SMARTS) is 1. The summed E-state index contributed by atoms with van der Waals surface area (Å²) < 4.78 is 4.87. The molecule has 0 aromatic rings. The van der Waals surface area contributed by atoms with Crippen LogP contribution in [0.1, 0.15) is 25.7 Å². The molecule has 1 saturated carbocycles. The molecule has 0 unspecified atom stereocenters. The number of carbonyl (C=O) groups is 1. The van der Waals surface area contributed by atoms with Crippen LogP contribution in [0.25, 0.3) is 0 Å². The molecule has 0 spiro atoms. The van der Waals surface area contributed by atoms with Crippen molar-refractivity contribution in [3.05, 3.63) is 11.8 Å². The fraction of sp³-hybridized carbons (Fsp3) is 0.667. The summed E-state index contributed by atoms with van der Waals surface area (Å²) in [6.07, 6.45) is 4.97. The summed E-state index contributed by atoms with van der Waals surface area (Å²) in [7, 11) is 1.62. The Labute approximate surface area is 72.0 Å². The topological polar surface area (TPSA) is 46.5 Å². The highest BCUT2D eigenvalue weighted by atomic mass is 16.5. The number of ether oxygens (including phenoxy) is 1. The highest BCUT2D eigenvalue weighted by Crippen LogP contribution is 2.27. The highest BCUT2D eigenvalue weighted by Gasteiger charge is 2.22. The third kappa shape index (κ3) is 2.26. The van der Waals surface area contributed by atoms with Gasteiger partial charge in [0.25, 0.3) is 0 Å². The largest absolute Gasteiger partial charge is 0.504 e. The van der Waals surface area contributed by atoms with Gasteiger partial charge in [0.1, 0.15) is 0 Å². The van der Waals surface area contributed by atoms with Crippen molar-refractivity contribution < 1.29 is 14.6 Å². The van der Waals surface area contributed by atoms with Crippen LogP contribution in [0.2, 0.25) is 0 Å². The van der Waals surface area contributed by atoms with Crippen molar-refractivity contribution >= 4 is 5.97 Å². The zero-order valence-corrected chi connectivity index (χ0v) is 7.25. The number of aliphatic carboxylic acids is 1. The van der Waals surface area contributed by atoms with E-state index in [1.165, 1.54) is 5.57 Å². The molecular weight excluding hydrogens is 156 g/mol. The smallest absolute Gasteiger partial charge is 0.306 e. The van der Waals surface area contributed by atoms with Crippen LogP contribution in [-0.2, 0) is 9.53 Å². The molecule has 1 rings (SSSR count). The molecule has 0 bridgehead atoms. The summed E-state index contributed by atoms with van der Waals surface area (Å²) >= 11 is 0. The van der Waals surface area contributed by atoms with Gasteiger partial charge in [-0.25, -0.2) is 0 Å². The number of allylic oxidation sites excluding steroid dienone is 1. The maximum absolute atomic E-state index is 10.6. The van der Waals surface area contributed by atoms with E-state index in [0.717, 1.165) is 25.7 Å². The molecule has 3 heteroatoms. The van der Waals surface area contributed by atoms with Gasteiger partial charge in [-0.3, -0.25) is 4.79 Å². The summed E-state index contributed by atoms with van der Waals surface area (Å²) in [6, 6.07) is 0. The molecule has 1 fully saturated rings. The molecule has 0 saturated heterocycles. The SMILES string of the molecule is COC=C1CCC(C(=O)O)CC1. The number of carboxylic acids is 1. The van der Waals surface area contributed by atoms with E-state index in [1.54, 1.807) is 13.4 Å². The second kappa shape index (κ2) is 4.14. The lowest BCUT2D eigenvalue weighted by Crippen LogP contribution is -2.17. The van der Waals surface area contributed by atoms with Gasteiger partial charge in [-0.2, -0.15) is 0 Å². The van der Waals surface area contributed by atoms with Crippen molar-refractivity contribution in [1.29, 1.82) is 0 Å². The van der Waals surface area contributed by atoms with E-state index < -0.39 is 5.97 Å². The van der Waals surface area contributed by atoms with Gasteiger partial charge in [0, 0.05) is 0 Å². The van der Waals surface area contributed by atoms with E-state index in [-0.39, 0.29) is 5.92 Å². The summed E-state index contributed by atoms with van der Waals surface area (Å²) in [6.45, 7) is 0. The number of methoxy groups -OCH3 is 1. The van der Waals surface area contributed by atoms with E-state index >= 15 is 0 Å². The van der Waals surface area contributed by atoms with Crippen molar-refractivity contribution in [3.63, 3.8) is 0 Å². The predicted octanol–water partition coefficient (Wildman–Crippen LogP) is 1.79. The zero-order valence-electron chi connectivity index (χ0n) is 7.25. The van der Waals surface area contributed by atoms with E-state index in [2.05, 4.69) is 0 Å². The van der Waals surface area contributed by atoms with Crippen LogP contribution in [0.4, 0.5) is 0 Å². The second-order valence-electron chi connectivity index (χ2n) is 3.12. The maximum atomic E-state index is 10.6. The average Bonchev–Trinajstić information content (AvgIpc) is 2.06. The molecule has 12 heavy (non-hydrogen) atoms. The molecule has 0 amide bonds. The zero-order chi connectivity index (χ0) is 8.97. The molecule has 1 aliphatic carbocycles. The Morgan fingerprint density at radius 1 is 1.58 bits per heavy atom. The molecule has 68 valence electrons. The Bertz CT molecular complexity index is 186. The van der Waals surface area contributed by atoms with Crippen LogP contribution in [0.15, 0.2) is 11.8 Å². The first-order valence-corrected chi connectivity index (χ1v) is 4.17. The Kier molecular flexibility index (Phi) is 3.14. The second-order valence-corrected chi connectivity index (χ2v) is 3.12. The number of hydrogen-bond acceptors (Lipinski definition) is 2. The van der Waals surface area contributed by atoms with Gasteiger partial charge in [-0.05, 0) is 31.3 Å². The van der Waals surface area contributed by atoms with Crippen molar-refractivity contribution in [2.24, 2.45) is 5.92 Å². The fourth-order valence-corrected chi connectivity index (χ4v) is 1.52. The first kappa shape index (κ1) is 9.10. The Morgan fingerprint density at radius 3 is 2.58 bits per heavy atom. The van der Waals surface area contributed by atoms with Gasteiger partial charge in [0.2, 0.25) is 0 Å². The third-order valence-electron chi connectivity index (χ3n) is 2.26. The van der Waals surface area contributed by atoms with Crippen LogP contribution in [-0.4, -0.2) is 18.2 Å². The quantitative estimate of drug-likeness (QED) is 0.643. The van der Waals surface area contributed by atoms with Crippen molar-refractivity contribution in [3.8, 4) is 0 Å². The van der Waals surface area contributed by atoms with Crippen LogP contribution in [0, 0.1) is 5.92 Å². The summed E-state index contributed by atoms with van der Waals surface area (Å²) in [4.78, 5) is 10.6. The van der Waals surface area contributed by atoms with Gasteiger partial charge in [-0.15, -0.1) is 0 Å². The molecule has 0 atom stereocenters. The number of hydrogen-bond donors (Lipinski definition) is 1. The van der Waals surface area contributed by atoms with E-state index in [4.69, 9.17) is 9.84 Å². The van der Waals surface area contributed by atoms with Crippen LogP contribution in [0.5, 0.6) is 0 Å². The molecule has 0 aromatic carbocycles. The molecule has 0 radical (unpaired) electrons. The van der Waals surface area contributed by atoms with E-state index in [9.17, 15) is 4.79 Å². The Balaban J connectivity index is 2.39. The normalized spacial score (nSPS) is 23.4. The monoisotopic (exact) mass is 170 g/mol. The van der Waals surface area contributed by atoms with Gasteiger partial charge in [0.15, 0.2) is 0 Å². The molecule has 3 nitrogen and oxygen atoms in total. The van der Waals surface area contributed by atoms with Crippen LogP contribution >= 0.6 is 0 Å². The van der Waals surface area contributed by atoms with E-state index in [0.29, 0.717) is 0 Å². The Hall–Kier alpha value is -0.990. The standard InChI is InChI=1S/C9H14O3/c1-12-6-7-2-4-8(5-3-7)9(10)11/h6,8H,2-5H2,1H3,(H,10,11). The third-order valence-corrected chi connectivity index (χ3v) is 2.26. The van der Waals surface area contributed by atoms with Crippen molar-refractivity contribution in [1.82, 2.24) is 0 Å². The highest BCUT2D eigenvalue weighted by molar-refractivity contribution is 5.70. The minimum atomic E-state index is -0.661. The lowest BCUT2D eigenvalue weighted by Gasteiger charge is -2.19. The van der Waals surface area contributed by atoms with Crippen LogP contribution in [0.3, 0.4) is 0 Å². The first-order valence-electron chi connectivity index (χ1n) is 4.17. The Morgan fingerprint density at radius 2 is 2.17 bits per heavy atom. The van der Waals surface area contributed by atoms with E-state index in [1.807, 2.05) is 0 Å². The van der Waals surface area contributed by atoms with Gasteiger partial charge in [0.05, 0.1) is 19.3 Å². The lowest BCUT2D eigenvalue weighted by molar-refractivity contribution is -0.142. The minimum Gasteiger partial charge on any atom is -0.504 e. The predicted molar refractivity (Wildman–Crippen MR) is 44.7 cm³/mol. The van der Waals surface area contributed by atoms with Crippen LogP contribution < -0.4 is 0 Å². The molecular formula is C9H14O3. The molecule has 1 aliphatic rings. The average molecular weight is 170 g/mol. The van der Waals surface area contributed by atoms with Gasteiger partial charge < -0.3 is 9.84 Å². The summed E-state index contributed by atoms with van der Waals surface area (Å²) in [5.74, 6) is -0.800. The maximum Gasteiger partial charge on any atom is 0.306 e. The van der Waals surface area contributed by atoms with Crippen molar-refractivity contribution in [2.75, 3.05) is 7.11 Å².